The van der Waals surface area contributed by atoms with Gasteiger partial charge < -0.3 is 0 Å². The zero-order chi connectivity index (χ0) is 10.9. The predicted octanol–water partition coefficient (Wildman–Crippen LogP) is 4.66. The minimum absolute atomic E-state index is 0.741. The first-order valence-electron chi connectivity index (χ1n) is 6.19. The van der Waals surface area contributed by atoms with Crippen LogP contribution in [0.4, 0.5) is 0 Å². The summed E-state index contributed by atoms with van der Waals surface area (Å²) in [6.07, 6.45) is 2.79. The fourth-order valence-corrected chi connectivity index (χ4v) is 3.18. The van der Waals surface area contributed by atoms with E-state index in [9.17, 15) is 0 Å². The molecule has 0 fully saturated rings. The van der Waals surface area contributed by atoms with Gasteiger partial charge in [0.2, 0.25) is 0 Å². The lowest BCUT2D eigenvalue weighted by molar-refractivity contribution is 0.393. The average Bonchev–Trinajstić information content (AvgIpc) is 2.07. The summed E-state index contributed by atoms with van der Waals surface area (Å²) in [6.45, 7) is 14.2. The van der Waals surface area contributed by atoms with Crippen molar-refractivity contribution in [3.05, 3.63) is 11.1 Å². The molecule has 0 radical (unpaired) electrons. The van der Waals surface area contributed by atoms with Gasteiger partial charge in [-0.3, -0.25) is 0 Å². The van der Waals surface area contributed by atoms with Crippen LogP contribution in [-0.4, -0.2) is 0 Å². The van der Waals surface area contributed by atoms with Gasteiger partial charge in [-0.1, -0.05) is 52.7 Å². The molecule has 2 atom stereocenters. The molecule has 0 aromatic rings. The molecule has 0 aliphatic heterocycles. The van der Waals surface area contributed by atoms with Crippen LogP contribution in [0.25, 0.3) is 0 Å². The van der Waals surface area contributed by atoms with E-state index in [0.717, 1.165) is 23.7 Å². The van der Waals surface area contributed by atoms with Gasteiger partial charge in [-0.05, 0) is 36.5 Å². The van der Waals surface area contributed by atoms with Gasteiger partial charge in [0.15, 0.2) is 0 Å². The van der Waals surface area contributed by atoms with Crippen LogP contribution in [0.2, 0.25) is 0 Å². The van der Waals surface area contributed by atoms with E-state index in [4.69, 9.17) is 0 Å². The first-order valence-corrected chi connectivity index (χ1v) is 6.19. The van der Waals surface area contributed by atoms with Crippen LogP contribution >= 0.6 is 0 Å². The van der Waals surface area contributed by atoms with Crippen molar-refractivity contribution < 1.29 is 0 Å². The van der Waals surface area contributed by atoms with E-state index in [1.165, 1.54) is 12.8 Å². The van der Waals surface area contributed by atoms with Crippen LogP contribution < -0.4 is 0 Å². The molecular formula is C14H26. The molecule has 0 heteroatoms. The minimum Gasteiger partial charge on any atom is -0.0651 e. The van der Waals surface area contributed by atoms with Gasteiger partial charge in [0.05, 0.1) is 0 Å². The van der Waals surface area contributed by atoms with E-state index in [1.807, 2.05) is 0 Å². The zero-order valence-electron chi connectivity index (χ0n) is 10.7. The highest BCUT2D eigenvalue weighted by atomic mass is 14.3. The molecule has 1 aliphatic rings. The Morgan fingerprint density at radius 3 is 1.29 bits per heavy atom. The second kappa shape index (κ2) is 4.51. The summed E-state index contributed by atoms with van der Waals surface area (Å²) in [7, 11) is 0. The van der Waals surface area contributed by atoms with Crippen LogP contribution in [0.15, 0.2) is 11.1 Å². The number of hydrogen-bond acceptors (Lipinski definition) is 0. The fourth-order valence-electron chi connectivity index (χ4n) is 3.18. The lowest BCUT2D eigenvalue weighted by Gasteiger charge is -2.35. The third-order valence-electron chi connectivity index (χ3n) is 3.67. The maximum Gasteiger partial charge on any atom is -0.0226 e. The Bertz CT molecular complexity index is 196. The van der Waals surface area contributed by atoms with Crippen molar-refractivity contribution in [2.45, 2.75) is 54.4 Å². The summed E-state index contributed by atoms with van der Waals surface area (Å²) in [5.74, 6) is 3.13. The van der Waals surface area contributed by atoms with E-state index < -0.39 is 0 Å². The molecule has 0 nitrogen and oxygen atoms in total. The Hall–Kier alpha value is -0.260. The van der Waals surface area contributed by atoms with Crippen molar-refractivity contribution in [3.8, 4) is 0 Å². The highest BCUT2D eigenvalue weighted by Gasteiger charge is 2.27. The molecule has 0 aromatic carbocycles. The molecule has 2 unspecified atom stereocenters. The molecule has 0 saturated heterocycles. The predicted molar refractivity (Wildman–Crippen MR) is 64.3 cm³/mol. The quantitative estimate of drug-likeness (QED) is 0.561. The first kappa shape index (κ1) is 11.8. The van der Waals surface area contributed by atoms with Gasteiger partial charge >= 0.3 is 0 Å². The zero-order valence-corrected chi connectivity index (χ0v) is 10.7. The number of hydrogen-bond donors (Lipinski definition) is 0. The van der Waals surface area contributed by atoms with Crippen LogP contribution in [0.5, 0.6) is 0 Å². The highest BCUT2D eigenvalue weighted by molar-refractivity contribution is 5.24. The van der Waals surface area contributed by atoms with Gasteiger partial charge in [0.1, 0.15) is 0 Å². The topological polar surface area (TPSA) is 0 Å². The maximum atomic E-state index is 2.41. The Morgan fingerprint density at radius 1 is 0.786 bits per heavy atom. The van der Waals surface area contributed by atoms with Crippen molar-refractivity contribution in [3.63, 3.8) is 0 Å². The molecular weight excluding hydrogens is 168 g/mol. The van der Waals surface area contributed by atoms with Crippen LogP contribution in [0.3, 0.4) is 0 Å². The summed E-state index contributed by atoms with van der Waals surface area (Å²) in [6, 6.07) is 0. The van der Waals surface area contributed by atoms with Gasteiger partial charge in [-0.15, -0.1) is 0 Å². The monoisotopic (exact) mass is 194 g/mol. The van der Waals surface area contributed by atoms with E-state index in [1.54, 1.807) is 11.1 Å². The molecule has 1 rings (SSSR count). The second-order valence-corrected chi connectivity index (χ2v) is 5.60. The average molecular weight is 194 g/mol. The van der Waals surface area contributed by atoms with Gasteiger partial charge in [0.25, 0.3) is 0 Å². The summed E-state index contributed by atoms with van der Waals surface area (Å²) in [4.78, 5) is 0. The standard InChI is InChI=1S/C14H26/c1-9(2)13-11(5)7-8-12(6)14(13)10(3)4/h9-12H,7-8H2,1-6H3. The van der Waals surface area contributed by atoms with Crippen molar-refractivity contribution in [2.75, 3.05) is 0 Å². The Balaban J connectivity index is 3.10. The second-order valence-electron chi connectivity index (χ2n) is 5.60. The third kappa shape index (κ3) is 2.21. The molecule has 0 heterocycles. The van der Waals surface area contributed by atoms with Gasteiger partial charge in [0, 0.05) is 0 Å². The van der Waals surface area contributed by atoms with E-state index in [2.05, 4.69) is 41.5 Å². The Morgan fingerprint density at radius 2 is 1.07 bits per heavy atom. The SMILES string of the molecule is CC(C)C1=C(C(C)C)C(C)CCC1C. The highest BCUT2D eigenvalue weighted by Crippen LogP contribution is 2.40. The molecule has 82 valence electrons. The summed E-state index contributed by atoms with van der Waals surface area (Å²) in [5, 5.41) is 0. The van der Waals surface area contributed by atoms with E-state index in [0.29, 0.717) is 0 Å². The van der Waals surface area contributed by atoms with E-state index >= 15 is 0 Å². The number of allylic oxidation sites excluding steroid dienone is 2. The van der Waals surface area contributed by atoms with Gasteiger partial charge in [-0.25, -0.2) is 0 Å². The molecule has 0 N–H and O–H groups in total. The molecule has 1 aliphatic carbocycles. The molecule has 0 bridgehead atoms. The van der Waals surface area contributed by atoms with E-state index in [-0.39, 0.29) is 0 Å². The summed E-state index contributed by atoms with van der Waals surface area (Å²) in [5.41, 5.74) is 3.53. The number of rotatable bonds is 2. The minimum atomic E-state index is 0.741. The Kier molecular flexibility index (Phi) is 3.80. The summed E-state index contributed by atoms with van der Waals surface area (Å²) < 4.78 is 0. The smallest absolute Gasteiger partial charge is 0.0226 e. The first-order chi connectivity index (χ1) is 6.45. The van der Waals surface area contributed by atoms with Crippen molar-refractivity contribution in [1.82, 2.24) is 0 Å². The molecule has 14 heavy (non-hydrogen) atoms. The largest absolute Gasteiger partial charge is 0.0651 e. The molecule has 0 spiro atoms. The molecule has 0 amide bonds. The normalized spacial score (nSPS) is 29.1. The fraction of sp³-hybridized carbons (Fsp3) is 0.857. The van der Waals surface area contributed by atoms with Gasteiger partial charge in [-0.2, -0.15) is 0 Å². The molecule has 0 aromatic heterocycles. The Labute approximate surface area is 89.8 Å². The van der Waals surface area contributed by atoms with Crippen molar-refractivity contribution in [2.24, 2.45) is 23.7 Å². The van der Waals surface area contributed by atoms with Crippen LogP contribution in [0.1, 0.15) is 54.4 Å². The summed E-state index contributed by atoms with van der Waals surface area (Å²) >= 11 is 0. The maximum absolute atomic E-state index is 2.41. The van der Waals surface area contributed by atoms with Crippen LogP contribution in [0, 0.1) is 23.7 Å². The molecule has 0 saturated carbocycles. The lowest BCUT2D eigenvalue weighted by Crippen LogP contribution is -2.22. The van der Waals surface area contributed by atoms with Crippen molar-refractivity contribution >= 4 is 0 Å². The van der Waals surface area contributed by atoms with Crippen LogP contribution in [-0.2, 0) is 0 Å². The lowest BCUT2D eigenvalue weighted by atomic mass is 9.71. The third-order valence-corrected chi connectivity index (χ3v) is 3.67. The van der Waals surface area contributed by atoms with Crippen molar-refractivity contribution in [1.29, 1.82) is 0 Å².